The van der Waals surface area contributed by atoms with E-state index in [1.807, 2.05) is 18.7 Å². The van der Waals surface area contributed by atoms with Gasteiger partial charge in [0.2, 0.25) is 11.8 Å². The summed E-state index contributed by atoms with van der Waals surface area (Å²) in [5, 5.41) is 10.4. The number of nitrogens with one attached hydrogen (secondary N) is 2. The molecule has 0 bridgehead atoms. The Morgan fingerprint density at radius 2 is 2.35 bits per heavy atom. The lowest BCUT2D eigenvalue weighted by molar-refractivity contribution is -0.129. The Kier molecular flexibility index (Phi) is 6.37. The second kappa shape index (κ2) is 8.50. The maximum atomic E-state index is 11.7. The molecule has 128 valence electrons. The number of guanidine groups is 1. The summed E-state index contributed by atoms with van der Waals surface area (Å²) < 4.78 is 5.08. The molecule has 2 heterocycles. The normalized spacial score (nSPS) is 18.3. The minimum absolute atomic E-state index is 0.215. The molecule has 1 aliphatic heterocycles. The van der Waals surface area contributed by atoms with E-state index in [1.54, 1.807) is 7.05 Å². The van der Waals surface area contributed by atoms with E-state index in [4.69, 9.17) is 4.52 Å². The molecule has 1 amide bonds. The Morgan fingerprint density at radius 1 is 1.52 bits per heavy atom. The van der Waals surface area contributed by atoms with Gasteiger partial charge >= 0.3 is 0 Å². The van der Waals surface area contributed by atoms with Crippen molar-refractivity contribution in [2.24, 2.45) is 4.99 Å². The number of carbonyl (C=O) groups is 1. The van der Waals surface area contributed by atoms with E-state index in [0.29, 0.717) is 18.1 Å². The van der Waals surface area contributed by atoms with Gasteiger partial charge in [-0.05, 0) is 19.8 Å². The topological polar surface area (TPSA) is 95.7 Å². The summed E-state index contributed by atoms with van der Waals surface area (Å²) in [6.45, 7) is 6.04. The minimum atomic E-state index is 0.215. The van der Waals surface area contributed by atoms with Crippen LogP contribution in [-0.4, -0.2) is 59.6 Å². The van der Waals surface area contributed by atoms with E-state index in [0.717, 1.165) is 44.9 Å². The Hall–Kier alpha value is -2.12. The predicted molar refractivity (Wildman–Crippen MR) is 87.1 cm³/mol. The minimum Gasteiger partial charge on any atom is -0.356 e. The molecule has 23 heavy (non-hydrogen) atoms. The van der Waals surface area contributed by atoms with Gasteiger partial charge in [0, 0.05) is 45.6 Å². The van der Waals surface area contributed by atoms with Gasteiger partial charge < -0.3 is 20.1 Å². The summed E-state index contributed by atoms with van der Waals surface area (Å²) in [5.74, 6) is 2.31. The first-order valence-electron chi connectivity index (χ1n) is 8.16. The number of rotatable bonds is 6. The zero-order valence-electron chi connectivity index (χ0n) is 14.1. The second-order valence-corrected chi connectivity index (χ2v) is 5.66. The Balaban J connectivity index is 1.67. The number of aryl methyl sites for hydroxylation is 2. The number of hydrogen-bond acceptors (Lipinski definition) is 5. The first-order valence-corrected chi connectivity index (χ1v) is 8.16. The van der Waals surface area contributed by atoms with Crippen molar-refractivity contribution in [1.29, 1.82) is 0 Å². The standard InChI is InChI=1S/C15H26N6O2/c1-4-14(22)21-9-7-12(10-21)19-15(16-3)17-8-5-6-13-18-11(2)20-23-13/h12H,4-10H2,1-3H3,(H2,16,17,19). The van der Waals surface area contributed by atoms with Crippen molar-refractivity contribution >= 4 is 11.9 Å². The van der Waals surface area contributed by atoms with Gasteiger partial charge in [-0.2, -0.15) is 4.98 Å². The highest BCUT2D eigenvalue weighted by atomic mass is 16.5. The Morgan fingerprint density at radius 3 is 3.00 bits per heavy atom. The Bertz CT molecular complexity index is 542. The van der Waals surface area contributed by atoms with Crippen LogP contribution in [0.5, 0.6) is 0 Å². The molecule has 1 aromatic rings. The van der Waals surface area contributed by atoms with Crippen LogP contribution in [0.25, 0.3) is 0 Å². The number of aliphatic imine (C=N–C) groups is 1. The van der Waals surface area contributed by atoms with Crippen LogP contribution in [0.3, 0.4) is 0 Å². The molecule has 2 rings (SSSR count). The molecule has 1 saturated heterocycles. The lowest BCUT2D eigenvalue weighted by Crippen LogP contribution is -2.45. The third-order valence-electron chi connectivity index (χ3n) is 3.84. The van der Waals surface area contributed by atoms with Gasteiger partial charge in [0.1, 0.15) is 0 Å². The van der Waals surface area contributed by atoms with E-state index in [9.17, 15) is 4.79 Å². The van der Waals surface area contributed by atoms with Crippen LogP contribution in [-0.2, 0) is 11.2 Å². The van der Waals surface area contributed by atoms with Crippen molar-refractivity contribution in [3.05, 3.63) is 11.7 Å². The molecule has 0 saturated carbocycles. The van der Waals surface area contributed by atoms with Crippen molar-refractivity contribution in [2.75, 3.05) is 26.7 Å². The van der Waals surface area contributed by atoms with Crippen molar-refractivity contribution in [2.45, 2.75) is 45.6 Å². The van der Waals surface area contributed by atoms with Gasteiger partial charge in [-0.1, -0.05) is 12.1 Å². The Labute approximate surface area is 136 Å². The number of aromatic nitrogens is 2. The van der Waals surface area contributed by atoms with Crippen LogP contribution in [0.1, 0.15) is 37.9 Å². The fourth-order valence-corrected chi connectivity index (χ4v) is 2.60. The number of likely N-dealkylation sites (tertiary alicyclic amines) is 1. The summed E-state index contributed by atoms with van der Waals surface area (Å²) >= 11 is 0. The third-order valence-corrected chi connectivity index (χ3v) is 3.84. The van der Waals surface area contributed by atoms with E-state index >= 15 is 0 Å². The van der Waals surface area contributed by atoms with E-state index in [-0.39, 0.29) is 11.9 Å². The molecule has 8 nitrogen and oxygen atoms in total. The highest BCUT2D eigenvalue weighted by molar-refractivity contribution is 5.80. The lowest BCUT2D eigenvalue weighted by atomic mass is 10.2. The summed E-state index contributed by atoms with van der Waals surface area (Å²) in [4.78, 5) is 22.0. The van der Waals surface area contributed by atoms with Gasteiger partial charge in [0.05, 0.1) is 0 Å². The summed E-state index contributed by atoms with van der Waals surface area (Å²) in [6.07, 6.45) is 3.14. The highest BCUT2D eigenvalue weighted by Crippen LogP contribution is 2.10. The number of hydrogen-bond donors (Lipinski definition) is 2. The van der Waals surface area contributed by atoms with Gasteiger partial charge in [0.15, 0.2) is 11.8 Å². The smallest absolute Gasteiger partial charge is 0.226 e. The molecule has 8 heteroatoms. The van der Waals surface area contributed by atoms with Gasteiger partial charge in [-0.15, -0.1) is 0 Å². The summed E-state index contributed by atoms with van der Waals surface area (Å²) in [7, 11) is 1.75. The number of amides is 1. The molecule has 0 spiro atoms. The average Bonchev–Trinajstić information content (AvgIpc) is 3.18. The predicted octanol–water partition coefficient (Wildman–Crippen LogP) is 0.487. The number of carbonyl (C=O) groups excluding carboxylic acids is 1. The molecule has 1 aliphatic rings. The van der Waals surface area contributed by atoms with E-state index < -0.39 is 0 Å². The quantitative estimate of drug-likeness (QED) is 0.449. The number of nitrogens with zero attached hydrogens (tertiary/aromatic N) is 4. The zero-order valence-corrected chi connectivity index (χ0v) is 14.1. The van der Waals surface area contributed by atoms with Crippen LogP contribution in [0.15, 0.2) is 9.52 Å². The van der Waals surface area contributed by atoms with E-state index in [2.05, 4.69) is 25.8 Å². The van der Waals surface area contributed by atoms with Gasteiger partial charge in [-0.3, -0.25) is 9.79 Å². The summed E-state index contributed by atoms with van der Waals surface area (Å²) in [5.41, 5.74) is 0. The van der Waals surface area contributed by atoms with Gasteiger partial charge in [0.25, 0.3) is 0 Å². The molecule has 1 unspecified atom stereocenters. The van der Waals surface area contributed by atoms with Crippen LogP contribution in [0.2, 0.25) is 0 Å². The van der Waals surface area contributed by atoms with Crippen LogP contribution >= 0.6 is 0 Å². The molecule has 1 atom stereocenters. The first kappa shape index (κ1) is 17.2. The zero-order chi connectivity index (χ0) is 16.7. The highest BCUT2D eigenvalue weighted by Gasteiger charge is 2.25. The molecular formula is C15H26N6O2. The monoisotopic (exact) mass is 322 g/mol. The third kappa shape index (κ3) is 5.22. The molecular weight excluding hydrogens is 296 g/mol. The maximum Gasteiger partial charge on any atom is 0.226 e. The molecule has 0 radical (unpaired) electrons. The van der Waals surface area contributed by atoms with Crippen LogP contribution in [0, 0.1) is 6.92 Å². The molecule has 1 fully saturated rings. The van der Waals surface area contributed by atoms with Crippen molar-refractivity contribution in [1.82, 2.24) is 25.7 Å². The van der Waals surface area contributed by atoms with Crippen LogP contribution in [0.4, 0.5) is 0 Å². The largest absolute Gasteiger partial charge is 0.356 e. The molecule has 0 aliphatic carbocycles. The van der Waals surface area contributed by atoms with E-state index in [1.165, 1.54) is 0 Å². The second-order valence-electron chi connectivity index (χ2n) is 5.66. The van der Waals surface area contributed by atoms with Crippen molar-refractivity contribution < 1.29 is 9.32 Å². The average molecular weight is 322 g/mol. The molecule has 1 aromatic heterocycles. The molecule has 0 aromatic carbocycles. The summed E-state index contributed by atoms with van der Waals surface area (Å²) in [6, 6.07) is 0.260. The lowest BCUT2D eigenvalue weighted by Gasteiger charge is -2.18. The van der Waals surface area contributed by atoms with Gasteiger partial charge in [-0.25, -0.2) is 0 Å². The fourth-order valence-electron chi connectivity index (χ4n) is 2.60. The first-order chi connectivity index (χ1) is 11.1. The van der Waals surface area contributed by atoms with Crippen molar-refractivity contribution in [3.63, 3.8) is 0 Å². The van der Waals surface area contributed by atoms with Crippen LogP contribution < -0.4 is 10.6 Å². The fraction of sp³-hybridized carbons (Fsp3) is 0.733. The van der Waals surface area contributed by atoms with Crippen molar-refractivity contribution in [3.8, 4) is 0 Å². The SMILES string of the molecule is CCC(=O)N1CCC(NC(=NC)NCCCc2nc(C)no2)C1. The maximum absolute atomic E-state index is 11.7. The molecule has 2 N–H and O–H groups in total.